The van der Waals surface area contributed by atoms with Crippen molar-refractivity contribution in [3.63, 3.8) is 0 Å². The molecule has 0 atom stereocenters. The van der Waals surface area contributed by atoms with E-state index in [0.717, 1.165) is 25.0 Å². The Hall–Kier alpha value is -1.75. The molecule has 2 aromatic rings. The Balaban J connectivity index is 1.70. The molecule has 0 amide bonds. The lowest BCUT2D eigenvalue weighted by Gasteiger charge is -2.35. The van der Waals surface area contributed by atoms with Gasteiger partial charge in [-0.25, -0.2) is 9.07 Å². The van der Waals surface area contributed by atoms with Gasteiger partial charge < -0.3 is 5.11 Å². The minimum atomic E-state index is -0.598. The Morgan fingerprint density at radius 1 is 1.32 bits per heavy atom. The molecule has 0 unspecified atom stereocenters. The van der Waals surface area contributed by atoms with Gasteiger partial charge >= 0.3 is 0 Å². The fourth-order valence-electron chi connectivity index (χ4n) is 2.40. The fourth-order valence-corrected chi connectivity index (χ4v) is 2.40. The third-order valence-electron chi connectivity index (χ3n) is 3.67. The van der Waals surface area contributed by atoms with E-state index in [0.29, 0.717) is 18.5 Å². The second-order valence-corrected chi connectivity index (χ2v) is 5.25. The Labute approximate surface area is 110 Å². The summed E-state index contributed by atoms with van der Waals surface area (Å²) in [7, 11) is 0. The van der Waals surface area contributed by atoms with E-state index >= 15 is 0 Å². The van der Waals surface area contributed by atoms with Gasteiger partial charge in [0.05, 0.1) is 17.8 Å². The van der Waals surface area contributed by atoms with Crippen molar-refractivity contribution < 1.29 is 9.50 Å². The molecule has 0 saturated heterocycles. The van der Waals surface area contributed by atoms with Crippen LogP contribution in [0.5, 0.6) is 0 Å². The minimum Gasteiger partial charge on any atom is -0.389 e. The van der Waals surface area contributed by atoms with Crippen LogP contribution in [0.1, 0.15) is 30.5 Å². The maximum absolute atomic E-state index is 13.5. The normalized spacial score (nSPS) is 17.2. The Kier molecular flexibility index (Phi) is 3.06. The molecule has 0 bridgehead atoms. The van der Waals surface area contributed by atoms with Gasteiger partial charge in [-0.05, 0) is 25.3 Å². The zero-order chi connectivity index (χ0) is 13.3. The smallest absolute Gasteiger partial charge is 0.128 e. The third kappa shape index (κ3) is 2.66. The molecule has 1 aromatic heterocycles. The van der Waals surface area contributed by atoms with E-state index in [2.05, 4.69) is 10.3 Å². The fraction of sp³-hybridized carbons (Fsp3) is 0.429. The monoisotopic (exact) mass is 261 g/mol. The van der Waals surface area contributed by atoms with Crippen LogP contribution >= 0.6 is 0 Å². The zero-order valence-electron chi connectivity index (χ0n) is 10.6. The standard InChI is InChI=1S/C14H16FN3O/c15-13-5-2-1-4-11(13)9-18-10-12(16-17-18)8-14(19)6-3-7-14/h1-2,4-5,10,19H,3,6-9H2. The first-order chi connectivity index (χ1) is 9.15. The molecule has 0 radical (unpaired) electrons. The minimum absolute atomic E-state index is 0.239. The van der Waals surface area contributed by atoms with Crippen LogP contribution in [0.2, 0.25) is 0 Å². The molecule has 3 rings (SSSR count). The van der Waals surface area contributed by atoms with E-state index in [4.69, 9.17) is 0 Å². The molecule has 0 aliphatic heterocycles. The molecule has 1 saturated carbocycles. The van der Waals surface area contributed by atoms with Crippen molar-refractivity contribution in [2.75, 3.05) is 0 Å². The van der Waals surface area contributed by atoms with Gasteiger partial charge in [0.15, 0.2) is 0 Å². The van der Waals surface area contributed by atoms with E-state index in [-0.39, 0.29) is 5.82 Å². The lowest BCUT2D eigenvalue weighted by molar-refractivity contribution is -0.0330. The van der Waals surface area contributed by atoms with Gasteiger partial charge in [-0.15, -0.1) is 5.10 Å². The van der Waals surface area contributed by atoms with Crippen LogP contribution in [0.25, 0.3) is 0 Å². The lowest BCUT2D eigenvalue weighted by Crippen LogP contribution is -2.39. The van der Waals surface area contributed by atoms with E-state index < -0.39 is 5.60 Å². The number of benzene rings is 1. The number of halogens is 1. The number of nitrogens with zero attached hydrogens (tertiary/aromatic N) is 3. The van der Waals surface area contributed by atoms with Crippen LogP contribution in [0.3, 0.4) is 0 Å². The van der Waals surface area contributed by atoms with Crippen molar-refractivity contribution in [3.05, 3.63) is 47.5 Å². The average molecular weight is 261 g/mol. The molecule has 5 heteroatoms. The summed E-state index contributed by atoms with van der Waals surface area (Å²) in [6.07, 6.45) is 5.03. The van der Waals surface area contributed by atoms with Crippen molar-refractivity contribution >= 4 is 0 Å². The highest BCUT2D eigenvalue weighted by Crippen LogP contribution is 2.34. The van der Waals surface area contributed by atoms with Gasteiger partial charge in [0.25, 0.3) is 0 Å². The largest absolute Gasteiger partial charge is 0.389 e. The van der Waals surface area contributed by atoms with Crippen molar-refractivity contribution in [2.45, 2.75) is 37.8 Å². The van der Waals surface area contributed by atoms with Gasteiger partial charge in [-0.1, -0.05) is 23.4 Å². The van der Waals surface area contributed by atoms with Crippen LogP contribution < -0.4 is 0 Å². The van der Waals surface area contributed by atoms with Crippen LogP contribution in [0.4, 0.5) is 4.39 Å². The molecule has 1 N–H and O–H groups in total. The van der Waals surface area contributed by atoms with Gasteiger partial charge in [0.2, 0.25) is 0 Å². The lowest BCUT2D eigenvalue weighted by atomic mass is 9.77. The van der Waals surface area contributed by atoms with Crippen molar-refractivity contribution in [3.8, 4) is 0 Å². The third-order valence-corrected chi connectivity index (χ3v) is 3.67. The van der Waals surface area contributed by atoms with Gasteiger partial charge in [-0.2, -0.15) is 0 Å². The topological polar surface area (TPSA) is 50.9 Å². The van der Waals surface area contributed by atoms with Crippen LogP contribution in [0.15, 0.2) is 30.5 Å². The Bertz CT molecular complexity index is 578. The van der Waals surface area contributed by atoms with Crippen LogP contribution in [0, 0.1) is 5.82 Å². The number of rotatable bonds is 4. The predicted octanol–water partition coefficient (Wildman–Crippen LogP) is 1.92. The molecule has 4 nitrogen and oxygen atoms in total. The average Bonchev–Trinajstić information content (AvgIpc) is 2.78. The van der Waals surface area contributed by atoms with Gasteiger partial charge in [-0.3, -0.25) is 0 Å². The maximum Gasteiger partial charge on any atom is 0.128 e. The number of hydrogen-bond acceptors (Lipinski definition) is 3. The quantitative estimate of drug-likeness (QED) is 0.914. The summed E-state index contributed by atoms with van der Waals surface area (Å²) in [4.78, 5) is 0. The van der Waals surface area contributed by atoms with Crippen LogP contribution in [-0.4, -0.2) is 25.7 Å². The Morgan fingerprint density at radius 2 is 2.11 bits per heavy atom. The van der Waals surface area contributed by atoms with Crippen molar-refractivity contribution in [2.24, 2.45) is 0 Å². The molecule has 1 fully saturated rings. The highest BCUT2D eigenvalue weighted by atomic mass is 19.1. The molecule has 100 valence electrons. The summed E-state index contributed by atoms with van der Waals surface area (Å²) >= 11 is 0. The molecule has 0 spiro atoms. The summed E-state index contributed by atoms with van der Waals surface area (Å²) in [5.74, 6) is -0.239. The first kappa shape index (κ1) is 12.3. The van der Waals surface area contributed by atoms with Gasteiger partial charge in [0.1, 0.15) is 5.82 Å². The number of aliphatic hydroxyl groups is 1. The Morgan fingerprint density at radius 3 is 2.79 bits per heavy atom. The summed E-state index contributed by atoms with van der Waals surface area (Å²) in [6, 6.07) is 6.63. The molecule has 1 heterocycles. The first-order valence-electron chi connectivity index (χ1n) is 6.49. The summed E-state index contributed by atoms with van der Waals surface area (Å²) in [5.41, 5.74) is 0.749. The van der Waals surface area contributed by atoms with E-state index in [9.17, 15) is 9.50 Å². The maximum atomic E-state index is 13.5. The first-order valence-corrected chi connectivity index (χ1v) is 6.49. The van der Waals surface area contributed by atoms with Crippen LogP contribution in [-0.2, 0) is 13.0 Å². The number of aromatic nitrogens is 3. The number of hydrogen-bond donors (Lipinski definition) is 1. The molecular weight excluding hydrogens is 245 g/mol. The predicted molar refractivity (Wildman–Crippen MR) is 68.0 cm³/mol. The molecular formula is C14H16FN3O. The molecule has 19 heavy (non-hydrogen) atoms. The van der Waals surface area contributed by atoms with Crippen molar-refractivity contribution in [1.29, 1.82) is 0 Å². The summed E-state index contributed by atoms with van der Waals surface area (Å²) in [6.45, 7) is 0.359. The van der Waals surface area contributed by atoms with Crippen molar-refractivity contribution in [1.82, 2.24) is 15.0 Å². The highest BCUT2D eigenvalue weighted by molar-refractivity contribution is 5.17. The van der Waals surface area contributed by atoms with E-state index in [1.807, 2.05) is 0 Å². The van der Waals surface area contributed by atoms with Gasteiger partial charge in [0, 0.05) is 18.2 Å². The molecule has 1 aromatic carbocycles. The zero-order valence-corrected chi connectivity index (χ0v) is 10.6. The summed E-state index contributed by atoms with van der Waals surface area (Å²) < 4.78 is 15.1. The second kappa shape index (κ2) is 4.74. The SMILES string of the molecule is OC1(Cc2cn(Cc3ccccc3F)nn2)CCC1. The van der Waals surface area contributed by atoms with E-state index in [1.54, 1.807) is 29.1 Å². The van der Waals surface area contributed by atoms with E-state index in [1.165, 1.54) is 6.07 Å². The second-order valence-electron chi connectivity index (χ2n) is 5.25. The highest BCUT2D eigenvalue weighted by Gasteiger charge is 2.35. The molecule has 1 aliphatic rings. The molecule has 1 aliphatic carbocycles. The summed E-state index contributed by atoms with van der Waals surface area (Å²) in [5, 5.41) is 18.1.